The average Bonchev–Trinajstić information content (AvgIpc) is 3.32. The van der Waals surface area contributed by atoms with E-state index in [-0.39, 0.29) is 5.91 Å². The van der Waals surface area contributed by atoms with E-state index in [2.05, 4.69) is 22.9 Å². The van der Waals surface area contributed by atoms with Crippen molar-refractivity contribution in [2.75, 3.05) is 34.0 Å². The fourth-order valence-corrected chi connectivity index (χ4v) is 5.05. The third-order valence-electron chi connectivity index (χ3n) is 5.37. The second kappa shape index (κ2) is 10.9. The van der Waals surface area contributed by atoms with Crippen LogP contribution in [0.25, 0.3) is 17.0 Å². The van der Waals surface area contributed by atoms with Gasteiger partial charge in [0, 0.05) is 36.3 Å². The first-order valence-electron chi connectivity index (χ1n) is 10.7. The topological polar surface area (TPSA) is 52.9 Å². The molecular weight excluding hydrogens is 456 g/mol. The van der Waals surface area contributed by atoms with Gasteiger partial charge in [-0.3, -0.25) is 9.69 Å². The van der Waals surface area contributed by atoms with Gasteiger partial charge in [0.05, 0.1) is 31.8 Å². The summed E-state index contributed by atoms with van der Waals surface area (Å²) >= 11 is 6.74. The van der Waals surface area contributed by atoms with Gasteiger partial charge in [0.1, 0.15) is 4.32 Å². The number of hydrogen-bond donors (Lipinski definition) is 0. The van der Waals surface area contributed by atoms with Crippen LogP contribution in [0, 0.1) is 0 Å². The van der Waals surface area contributed by atoms with E-state index in [0.717, 1.165) is 40.9 Å². The number of fused-ring (bicyclic) bond motifs is 1. The van der Waals surface area contributed by atoms with Crippen molar-refractivity contribution in [1.82, 2.24) is 9.47 Å². The van der Waals surface area contributed by atoms with Crippen LogP contribution in [0.1, 0.15) is 12.0 Å². The number of aromatic nitrogens is 1. The average molecular weight is 483 g/mol. The van der Waals surface area contributed by atoms with Gasteiger partial charge in [0.25, 0.3) is 5.91 Å². The molecule has 0 bridgehead atoms. The number of amides is 1. The van der Waals surface area contributed by atoms with Crippen molar-refractivity contribution >= 4 is 51.2 Å². The molecule has 1 aliphatic heterocycles. The van der Waals surface area contributed by atoms with Crippen molar-refractivity contribution in [3.63, 3.8) is 0 Å². The van der Waals surface area contributed by atoms with Gasteiger partial charge in [0.2, 0.25) is 0 Å². The summed E-state index contributed by atoms with van der Waals surface area (Å²) in [4.78, 5) is 15.1. The highest BCUT2D eigenvalue weighted by molar-refractivity contribution is 8.26. The van der Waals surface area contributed by atoms with Crippen LogP contribution >= 0.6 is 24.0 Å². The van der Waals surface area contributed by atoms with Gasteiger partial charge in [-0.05, 0) is 30.7 Å². The zero-order valence-corrected chi connectivity index (χ0v) is 20.3. The van der Waals surface area contributed by atoms with Crippen molar-refractivity contribution in [3.8, 4) is 11.5 Å². The quantitative estimate of drug-likeness (QED) is 0.231. The standard InChI is InChI=1S/C25H26N2O4S2/c1-29-15-13-27-24(28)23(33-25(27)32)16-18-17-26(20-9-4-3-8-19(18)20)12-7-14-31-22-11-6-5-10-21(22)30-2/h3-6,8-11,16-17H,7,12-15H2,1-2H3/b23-16-. The van der Waals surface area contributed by atoms with E-state index in [1.54, 1.807) is 19.1 Å². The summed E-state index contributed by atoms with van der Waals surface area (Å²) in [6, 6.07) is 15.9. The summed E-state index contributed by atoms with van der Waals surface area (Å²) in [5, 5.41) is 1.10. The summed E-state index contributed by atoms with van der Waals surface area (Å²) in [6.45, 7) is 2.28. The van der Waals surface area contributed by atoms with Crippen LogP contribution in [0.2, 0.25) is 0 Å². The van der Waals surface area contributed by atoms with Gasteiger partial charge in [-0.25, -0.2) is 0 Å². The van der Waals surface area contributed by atoms with E-state index in [0.29, 0.717) is 29.0 Å². The van der Waals surface area contributed by atoms with Crippen molar-refractivity contribution in [2.24, 2.45) is 0 Å². The lowest BCUT2D eigenvalue weighted by Crippen LogP contribution is -2.31. The number of benzene rings is 2. The minimum absolute atomic E-state index is 0.0657. The highest BCUT2D eigenvalue weighted by Gasteiger charge is 2.31. The number of hydrogen-bond acceptors (Lipinski definition) is 6. The number of carbonyl (C=O) groups excluding carboxylic acids is 1. The second-order valence-corrected chi connectivity index (χ2v) is 9.15. The van der Waals surface area contributed by atoms with Crippen LogP contribution in [0.4, 0.5) is 0 Å². The number of aryl methyl sites for hydroxylation is 1. The second-order valence-electron chi connectivity index (χ2n) is 7.47. The predicted octanol–water partition coefficient (Wildman–Crippen LogP) is 4.97. The number of methoxy groups -OCH3 is 2. The minimum Gasteiger partial charge on any atom is -0.493 e. The largest absolute Gasteiger partial charge is 0.493 e. The molecule has 0 aliphatic carbocycles. The van der Waals surface area contributed by atoms with E-state index in [9.17, 15) is 4.79 Å². The Morgan fingerprint density at radius 2 is 1.76 bits per heavy atom. The highest BCUT2D eigenvalue weighted by atomic mass is 32.2. The van der Waals surface area contributed by atoms with E-state index in [4.69, 9.17) is 26.4 Å². The molecule has 0 spiro atoms. The Morgan fingerprint density at radius 1 is 1.00 bits per heavy atom. The number of thiocarbonyl (C=S) groups is 1. The van der Waals surface area contributed by atoms with Crippen LogP contribution < -0.4 is 9.47 Å². The maximum Gasteiger partial charge on any atom is 0.266 e. The van der Waals surface area contributed by atoms with Crippen LogP contribution in [0.5, 0.6) is 11.5 Å². The molecule has 172 valence electrons. The van der Waals surface area contributed by atoms with Gasteiger partial charge < -0.3 is 18.8 Å². The van der Waals surface area contributed by atoms with Crippen molar-refractivity contribution in [2.45, 2.75) is 13.0 Å². The van der Waals surface area contributed by atoms with Gasteiger partial charge in [0.15, 0.2) is 11.5 Å². The van der Waals surface area contributed by atoms with Gasteiger partial charge in [-0.1, -0.05) is 54.3 Å². The monoisotopic (exact) mass is 482 g/mol. The Morgan fingerprint density at radius 3 is 2.55 bits per heavy atom. The summed E-state index contributed by atoms with van der Waals surface area (Å²) < 4.78 is 19.1. The normalized spacial score (nSPS) is 15.1. The molecule has 1 saturated heterocycles. The van der Waals surface area contributed by atoms with Crippen LogP contribution in [-0.2, 0) is 16.1 Å². The summed E-state index contributed by atoms with van der Waals surface area (Å²) in [6.07, 6.45) is 4.86. The maximum absolute atomic E-state index is 12.8. The molecule has 33 heavy (non-hydrogen) atoms. The molecule has 4 rings (SSSR count). The molecule has 8 heteroatoms. The molecule has 2 heterocycles. The lowest BCUT2D eigenvalue weighted by molar-refractivity contribution is -0.122. The molecule has 1 amide bonds. The van der Waals surface area contributed by atoms with Crippen LogP contribution in [-0.4, -0.2) is 53.7 Å². The molecule has 0 radical (unpaired) electrons. The molecule has 0 N–H and O–H groups in total. The first kappa shape index (κ1) is 23.4. The minimum atomic E-state index is -0.0657. The SMILES string of the molecule is COCCN1C(=O)/C(=C/c2cn(CCCOc3ccccc3OC)c3ccccc23)SC1=S. The Balaban J connectivity index is 1.48. The lowest BCUT2D eigenvalue weighted by atomic mass is 10.1. The fourth-order valence-electron chi connectivity index (χ4n) is 3.75. The number of para-hydroxylation sites is 3. The lowest BCUT2D eigenvalue weighted by Gasteiger charge is -2.12. The number of thioether (sulfide) groups is 1. The first-order valence-corrected chi connectivity index (χ1v) is 11.9. The molecule has 3 aromatic rings. The van der Waals surface area contributed by atoms with Gasteiger partial charge >= 0.3 is 0 Å². The number of nitrogens with zero attached hydrogens (tertiary/aromatic N) is 2. The Bertz CT molecular complexity index is 1190. The molecule has 0 unspecified atom stereocenters. The molecule has 6 nitrogen and oxygen atoms in total. The van der Waals surface area contributed by atoms with Crippen molar-refractivity contribution in [3.05, 3.63) is 65.2 Å². The molecular formula is C25H26N2O4S2. The Labute approximate surface area is 203 Å². The molecule has 1 fully saturated rings. The van der Waals surface area contributed by atoms with Gasteiger partial charge in [-0.15, -0.1) is 0 Å². The third kappa shape index (κ3) is 5.24. The van der Waals surface area contributed by atoms with Crippen LogP contribution in [0.3, 0.4) is 0 Å². The van der Waals surface area contributed by atoms with Crippen LogP contribution in [0.15, 0.2) is 59.6 Å². The highest BCUT2D eigenvalue weighted by Crippen LogP contribution is 2.34. The Hall–Kier alpha value is -2.81. The predicted molar refractivity (Wildman–Crippen MR) is 137 cm³/mol. The summed E-state index contributed by atoms with van der Waals surface area (Å²) in [5.74, 6) is 1.41. The first-order chi connectivity index (χ1) is 16.1. The summed E-state index contributed by atoms with van der Waals surface area (Å²) in [5.41, 5.74) is 2.12. The molecule has 1 aliphatic rings. The molecule has 0 saturated carbocycles. The fraction of sp³-hybridized carbons (Fsp3) is 0.280. The maximum atomic E-state index is 12.8. The molecule has 2 aromatic carbocycles. The number of rotatable bonds is 10. The smallest absolute Gasteiger partial charge is 0.266 e. The van der Waals surface area contributed by atoms with Crippen molar-refractivity contribution in [1.29, 1.82) is 0 Å². The van der Waals surface area contributed by atoms with Crippen molar-refractivity contribution < 1.29 is 19.0 Å². The van der Waals surface area contributed by atoms with E-state index < -0.39 is 0 Å². The van der Waals surface area contributed by atoms with Gasteiger partial charge in [-0.2, -0.15) is 0 Å². The van der Waals surface area contributed by atoms with E-state index >= 15 is 0 Å². The third-order valence-corrected chi connectivity index (χ3v) is 6.75. The zero-order chi connectivity index (χ0) is 23.2. The summed E-state index contributed by atoms with van der Waals surface area (Å²) in [7, 11) is 3.25. The number of ether oxygens (including phenoxy) is 3. The Kier molecular flexibility index (Phi) is 7.69. The van der Waals surface area contributed by atoms with E-state index in [1.807, 2.05) is 42.5 Å². The number of carbonyl (C=O) groups is 1. The molecule has 1 aromatic heterocycles. The zero-order valence-electron chi connectivity index (χ0n) is 18.7. The van der Waals surface area contributed by atoms with E-state index in [1.165, 1.54) is 11.8 Å². The molecule has 0 atom stereocenters.